The van der Waals surface area contributed by atoms with Crippen molar-refractivity contribution in [2.75, 3.05) is 25.1 Å². The molecule has 3 rings (SSSR count). The Bertz CT molecular complexity index is 905. The van der Waals surface area contributed by atoms with Crippen LogP contribution in [-0.4, -0.2) is 65.6 Å². The molecule has 1 aliphatic carbocycles. The van der Waals surface area contributed by atoms with Gasteiger partial charge in [0, 0.05) is 31.9 Å². The molecule has 2 aliphatic rings. The number of carbonyl (C=O) groups excluding carboxylic acids is 2. The number of fused-ring (bicyclic) bond motifs is 1. The van der Waals surface area contributed by atoms with Gasteiger partial charge in [-0.25, -0.2) is 14.6 Å². The fourth-order valence-electron chi connectivity index (χ4n) is 4.67. The molecule has 2 heterocycles. The van der Waals surface area contributed by atoms with Gasteiger partial charge >= 0.3 is 12.2 Å². The standard InChI is InChI=1S/C28H45N3O5/c1-27(2,3)35-25(32)30(7)22-15-16-23(19-22)34-18-9-8-12-21-14-13-20-11-10-17-31(24(20)29-21)26(33)36-28(4,5)6/h13-14,22-23H,8-12,15-19H2,1-7H3/t22-,23-/m0/s1. The maximum absolute atomic E-state index is 12.7. The van der Waals surface area contributed by atoms with Gasteiger partial charge in [0.15, 0.2) is 0 Å². The maximum Gasteiger partial charge on any atom is 0.416 e. The quantitative estimate of drug-likeness (QED) is 0.431. The second-order valence-corrected chi connectivity index (χ2v) is 12.0. The fourth-order valence-corrected chi connectivity index (χ4v) is 4.67. The van der Waals surface area contributed by atoms with Gasteiger partial charge in [-0.3, -0.25) is 4.90 Å². The van der Waals surface area contributed by atoms with Crippen LogP contribution in [0.15, 0.2) is 12.1 Å². The number of hydrogen-bond donors (Lipinski definition) is 0. The zero-order valence-electron chi connectivity index (χ0n) is 23.3. The average Bonchev–Trinajstić information content (AvgIpc) is 3.24. The summed E-state index contributed by atoms with van der Waals surface area (Å²) in [5.74, 6) is 0.746. The van der Waals surface area contributed by atoms with Gasteiger partial charge in [-0.2, -0.15) is 0 Å². The number of aromatic nitrogens is 1. The number of anilines is 1. The van der Waals surface area contributed by atoms with Crippen LogP contribution in [0, 0.1) is 0 Å². The number of carbonyl (C=O) groups is 2. The second-order valence-electron chi connectivity index (χ2n) is 12.0. The van der Waals surface area contributed by atoms with E-state index in [-0.39, 0.29) is 24.3 Å². The fraction of sp³-hybridized carbons (Fsp3) is 0.750. The minimum absolute atomic E-state index is 0.164. The predicted molar refractivity (Wildman–Crippen MR) is 140 cm³/mol. The summed E-state index contributed by atoms with van der Waals surface area (Å²) in [7, 11) is 1.82. The largest absolute Gasteiger partial charge is 0.444 e. The Hall–Kier alpha value is -2.35. The Balaban J connectivity index is 1.42. The molecule has 1 fully saturated rings. The first-order chi connectivity index (χ1) is 16.8. The Morgan fingerprint density at radius 3 is 2.47 bits per heavy atom. The molecule has 8 heteroatoms. The van der Waals surface area contributed by atoms with Crippen LogP contribution in [-0.2, 0) is 27.1 Å². The Morgan fingerprint density at radius 1 is 1.06 bits per heavy atom. The predicted octanol–water partition coefficient (Wildman–Crippen LogP) is 5.90. The summed E-state index contributed by atoms with van der Waals surface area (Å²) in [6.45, 7) is 12.6. The molecule has 2 atom stereocenters. The van der Waals surface area contributed by atoms with Crippen LogP contribution in [0.2, 0.25) is 0 Å². The smallest absolute Gasteiger partial charge is 0.416 e. The third-order valence-corrected chi connectivity index (χ3v) is 6.48. The van der Waals surface area contributed by atoms with Gasteiger partial charge in [-0.05, 0) is 105 Å². The molecule has 0 spiro atoms. The molecule has 36 heavy (non-hydrogen) atoms. The molecular weight excluding hydrogens is 458 g/mol. The number of hydrogen-bond acceptors (Lipinski definition) is 6. The van der Waals surface area contributed by atoms with E-state index >= 15 is 0 Å². The topological polar surface area (TPSA) is 81.2 Å². The summed E-state index contributed by atoms with van der Waals surface area (Å²) >= 11 is 0. The highest BCUT2D eigenvalue weighted by molar-refractivity contribution is 5.88. The lowest BCUT2D eigenvalue weighted by atomic mass is 10.0. The zero-order valence-corrected chi connectivity index (χ0v) is 23.3. The number of aryl methyl sites for hydroxylation is 2. The van der Waals surface area contributed by atoms with Gasteiger partial charge in [0.25, 0.3) is 0 Å². The van der Waals surface area contributed by atoms with Crippen molar-refractivity contribution in [3.05, 3.63) is 23.4 Å². The Labute approximate surface area is 216 Å². The Morgan fingerprint density at radius 2 is 1.78 bits per heavy atom. The molecule has 2 amide bonds. The number of ether oxygens (including phenoxy) is 3. The molecule has 1 aromatic rings. The molecule has 1 aliphatic heterocycles. The van der Waals surface area contributed by atoms with Gasteiger partial charge in [-0.1, -0.05) is 6.07 Å². The van der Waals surface area contributed by atoms with E-state index in [1.54, 1.807) is 9.80 Å². The first-order valence-electron chi connectivity index (χ1n) is 13.4. The summed E-state index contributed by atoms with van der Waals surface area (Å²) in [5, 5.41) is 0. The highest BCUT2D eigenvalue weighted by Gasteiger charge is 2.32. The van der Waals surface area contributed by atoms with E-state index in [1.165, 1.54) is 0 Å². The molecule has 1 saturated carbocycles. The van der Waals surface area contributed by atoms with Crippen molar-refractivity contribution in [3.8, 4) is 0 Å². The lowest BCUT2D eigenvalue weighted by molar-refractivity contribution is 0.0183. The monoisotopic (exact) mass is 503 g/mol. The van der Waals surface area contributed by atoms with Gasteiger partial charge in [0.2, 0.25) is 0 Å². The number of rotatable bonds is 7. The van der Waals surface area contributed by atoms with Crippen LogP contribution in [0.3, 0.4) is 0 Å². The summed E-state index contributed by atoms with van der Waals surface area (Å²) in [5.41, 5.74) is 1.08. The number of nitrogens with zero attached hydrogens (tertiary/aromatic N) is 3. The number of pyridine rings is 1. The molecule has 0 saturated heterocycles. The van der Waals surface area contributed by atoms with Crippen molar-refractivity contribution in [1.82, 2.24) is 9.88 Å². The maximum atomic E-state index is 12.7. The van der Waals surface area contributed by atoms with Crippen molar-refractivity contribution in [2.24, 2.45) is 0 Å². The molecule has 0 radical (unpaired) electrons. The van der Waals surface area contributed by atoms with Crippen LogP contribution < -0.4 is 4.90 Å². The second kappa shape index (κ2) is 11.8. The third kappa shape index (κ3) is 8.36. The van der Waals surface area contributed by atoms with Crippen LogP contribution >= 0.6 is 0 Å². The minimum atomic E-state index is -0.531. The first-order valence-corrected chi connectivity index (χ1v) is 13.4. The van der Waals surface area contributed by atoms with E-state index in [9.17, 15) is 9.59 Å². The molecule has 0 bridgehead atoms. The Kier molecular flexibility index (Phi) is 9.25. The van der Waals surface area contributed by atoms with Crippen LogP contribution in [0.1, 0.15) is 91.3 Å². The van der Waals surface area contributed by atoms with Gasteiger partial charge in [0.05, 0.1) is 6.10 Å². The summed E-state index contributed by atoms with van der Waals surface area (Å²) in [6, 6.07) is 4.34. The van der Waals surface area contributed by atoms with E-state index in [2.05, 4.69) is 12.1 Å². The SMILES string of the molecule is CN(C(=O)OC(C)(C)C)[C@H]1CC[C@H](OCCCCc2ccc3c(n2)N(C(=O)OC(C)(C)C)CCC3)C1. The molecule has 0 unspecified atom stereocenters. The van der Waals surface area contributed by atoms with Crippen LogP contribution in [0.25, 0.3) is 0 Å². The molecule has 1 aromatic heterocycles. The number of unbranched alkanes of at least 4 members (excludes halogenated alkanes) is 1. The van der Waals surface area contributed by atoms with Crippen molar-refractivity contribution >= 4 is 18.0 Å². The van der Waals surface area contributed by atoms with E-state index in [0.717, 1.165) is 68.4 Å². The van der Waals surface area contributed by atoms with Gasteiger partial charge in [-0.15, -0.1) is 0 Å². The van der Waals surface area contributed by atoms with Crippen molar-refractivity contribution in [1.29, 1.82) is 0 Å². The van der Waals surface area contributed by atoms with Crippen molar-refractivity contribution in [2.45, 2.75) is 116 Å². The average molecular weight is 504 g/mol. The molecule has 0 N–H and O–H groups in total. The molecule has 0 aromatic carbocycles. The molecular formula is C28H45N3O5. The van der Waals surface area contributed by atoms with Crippen molar-refractivity contribution in [3.63, 3.8) is 0 Å². The minimum Gasteiger partial charge on any atom is -0.444 e. The number of amides is 2. The van der Waals surface area contributed by atoms with E-state index in [4.69, 9.17) is 19.2 Å². The normalized spacial score (nSPS) is 20.1. The van der Waals surface area contributed by atoms with E-state index in [1.807, 2.05) is 48.6 Å². The van der Waals surface area contributed by atoms with E-state index < -0.39 is 11.2 Å². The van der Waals surface area contributed by atoms with Gasteiger partial charge < -0.3 is 19.1 Å². The van der Waals surface area contributed by atoms with Crippen LogP contribution in [0.4, 0.5) is 15.4 Å². The first kappa shape index (κ1) is 28.2. The summed E-state index contributed by atoms with van der Waals surface area (Å²) in [4.78, 5) is 33.2. The lowest BCUT2D eigenvalue weighted by Gasteiger charge is -2.31. The summed E-state index contributed by atoms with van der Waals surface area (Å²) < 4.78 is 17.2. The van der Waals surface area contributed by atoms with E-state index in [0.29, 0.717) is 13.2 Å². The summed E-state index contributed by atoms with van der Waals surface area (Å²) in [6.07, 6.45) is 6.94. The van der Waals surface area contributed by atoms with Gasteiger partial charge in [0.1, 0.15) is 17.0 Å². The molecule has 202 valence electrons. The molecule has 8 nitrogen and oxygen atoms in total. The highest BCUT2D eigenvalue weighted by atomic mass is 16.6. The third-order valence-electron chi connectivity index (χ3n) is 6.48. The zero-order chi connectivity index (χ0) is 26.5. The van der Waals surface area contributed by atoms with Crippen molar-refractivity contribution < 1.29 is 23.8 Å². The highest BCUT2D eigenvalue weighted by Crippen LogP contribution is 2.29. The van der Waals surface area contributed by atoms with Crippen LogP contribution in [0.5, 0.6) is 0 Å². The lowest BCUT2D eigenvalue weighted by Crippen LogP contribution is -2.40.